The zero-order chi connectivity index (χ0) is 16.4. The largest absolute Gasteiger partial charge is 0.351 e. The van der Waals surface area contributed by atoms with E-state index >= 15 is 0 Å². The molecule has 2 heterocycles. The zero-order valence-electron chi connectivity index (χ0n) is 14.2. The van der Waals surface area contributed by atoms with Crippen molar-refractivity contribution in [3.63, 3.8) is 0 Å². The minimum atomic E-state index is 0.287. The third-order valence-corrected chi connectivity index (χ3v) is 4.46. The summed E-state index contributed by atoms with van der Waals surface area (Å²) in [6.07, 6.45) is 8.09. The Bertz CT molecular complexity index is 663. The first kappa shape index (κ1) is 15.9. The Hall–Kier alpha value is -1.95. The first-order valence-electron chi connectivity index (χ1n) is 8.44. The van der Waals surface area contributed by atoms with E-state index in [1.165, 1.54) is 0 Å². The van der Waals surface area contributed by atoms with Crippen molar-refractivity contribution in [3.05, 3.63) is 24.3 Å². The van der Waals surface area contributed by atoms with Crippen LogP contribution in [0.25, 0.3) is 11.4 Å². The van der Waals surface area contributed by atoms with Crippen molar-refractivity contribution in [3.8, 4) is 11.4 Å². The summed E-state index contributed by atoms with van der Waals surface area (Å²) in [4.78, 5) is 13.5. The SMILES string of the molecule is Cc1ncc(-c2ccnc(NC3CCCC(N)C3)n2)n1C(C)C. The van der Waals surface area contributed by atoms with Gasteiger partial charge in [-0.2, -0.15) is 0 Å². The Labute approximate surface area is 137 Å². The summed E-state index contributed by atoms with van der Waals surface area (Å²) in [6, 6.07) is 2.93. The molecule has 6 nitrogen and oxygen atoms in total. The van der Waals surface area contributed by atoms with E-state index in [2.05, 4.69) is 33.7 Å². The van der Waals surface area contributed by atoms with Crippen molar-refractivity contribution in [2.24, 2.45) is 5.73 Å². The van der Waals surface area contributed by atoms with Crippen LogP contribution in [0.5, 0.6) is 0 Å². The summed E-state index contributed by atoms with van der Waals surface area (Å²) < 4.78 is 2.20. The van der Waals surface area contributed by atoms with E-state index in [0.29, 0.717) is 18.0 Å². The lowest BCUT2D eigenvalue weighted by Crippen LogP contribution is -2.35. The molecule has 2 aromatic rings. The minimum absolute atomic E-state index is 0.287. The Morgan fingerprint density at radius 2 is 2.13 bits per heavy atom. The molecule has 0 amide bonds. The van der Waals surface area contributed by atoms with E-state index in [1.54, 1.807) is 6.20 Å². The number of hydrogen-bond acceptors (Lipinski definition) is 5. The molecule has 1 aliphatic rings. The monoisotopic (exact) mass is 314 g/mol. The van der Waals surface area contributed by atoms with E-state index in [1.807, 2.05) is 19.2 Å². The molecule has 0 radical (unpaired) electrons. The maximum Gasteiger partial charge on any atom is 0.223 e. The van der Waals surface area contributed by atoms with E-state index in [9.17, 15) is 0 Å². The molecule has 2 unspecified atom stereocenters. The normalized spacial score (nSPS) is 21.6. The molecule has 6 heteroatoms. The van der Waals surface area contributed by atoms with Crippen molar-refractivity contribution < 1.29 is 0 Å². The molecular weight excluding hydrogens is 288 g/mol. The Kier molecular flexibility index (Phi) is 4.61. The molecule has 2 atom stereocenters. The van der Waals surface area contributed by atoms with Crippen LogP contribution in [0.4, 0.5) is 5.95 Å². The number of anilines is 1. The van der Waals surface area contributed by atoms with Gasteiger partial charge in [0.15, 0.2) is 0 Å². The maximum absolute atomic E-state index is 6.06. The Morgan fingerprint density at radius 1 is 1.30 bits per heavy atom. The number of imidazole rings is 1. The fraction of sp³-hybridized carbons (Fsp3) is 0.588. The van der Waals surface area contributed by atoms with Gasteiger partial charge < -0.3 is 15.6 Å². The predicted molar refractivity (Wildman–Crippen MR) is 92.2 cm³/mol. The molecule has 1 aliphatic carbocycles. The molecular formula is C17H26N6. The number of hydrogen-bond donors (Lipinski definition) is 2. The van der Waals surface area contributed by atoms with Crippen molar-refractivity contribution >= 4 is 5.95 Å². The van der Waals surface area contributed by atoms with E-state index < -0.39 is 0 Å². The Morgan fingerprint density at radius 3 is 2.87 bits per heavy atom. The molecule has 1 saturated carbocycles. The number of aromatic nitrogens is 4. The molecule has 2 aromatic heterocycles. The second-order valence-electron chi connectivity index (χ2n) is 6.69. The molecule has 23 heavy (non-hydrogen) atoms. The summed E-state index contributed by atoms with van der Waals surface area (Å²) in [5.41, 5.74) is 7.99. The lowest BCUT2D eigenvalue weighted by Gasteiger charge is -2.27. The highest BCUT2D eigenvalue weighted by molar-refractivity contribution is 5.56. The van der Waals surface area contributed by atoms with E-state index in [-0.39, 0.29) is 6.04 Å². The first-order valence-corrected chi connectivity index (χ1v) is 8.44. The third-order valence-electron chi connectivity index (χ3n) is 4.46. The van der Waals surface area contributed by atoms with Crippen LogP contribution in [0.3, 0.4) is 0 Å². The molecule has 3 N–H and O–H groups in total. The van der Waals surface area contributed by atoms with Crippen LogP contribution >= 0.6 is 0 Å². The molecule has 1 fully saturated rings. The highest BCUT2D eigenvalue weighted by Gasteiger charge is 2.20. The highest BCUT2D eigenvalue weighted by Crippen LogP contribution is 2.24. The maximum atomic E-state index is 6.06. The number of rotatable bonds is 4. The van der Waals surface area contributed by atoms with E-state index in [0.717, 1.165) is 42.9 Å². The van der Waals surface area contributed by atoms with Gasteiger partial charge in [0.25, 0.3) is 0 Å². The number of nitrogens with two attached hydrogens (primary N) is 1. The molecule has 0 bridgehead atoms. The van der Waals surface area contributed by atoms with Crippen LogP contribution in [0.2, 0.25) is 0 Å². The lowest BCUT2D eigenvalue weighted by atomic mass is 9.92. The fourth-order valence-corrected chi connectivity index (χ4v) is 3.41. The average Bonchev–Trinajstić information content (AvgIpc) is 2.89. The van der Waals surface area contributed by atoms with Crippen LogP contribution in [0, 0.1) is 6.92 Å². The number of nitrogens with one attached hydrogen (secondary N) is 1. The van der Waals surface area contributed by atoms with Gasteiger partial charge in [0, 0.05) is 24.3 Å². The molecule has 0 spiro atoms. The predicted octanol–water partition coefficient (Wildman–Crippen LogP) is 2.91. The van der Waals surface area contributed by atoms with Gasteiger partial charge in [-0.05, 0) is 52.5 Å². The van der Waals surface area contributed by atoms with Crippen molar-refractivity contribution in [1.29, 1.82) is 0 Å². The Balaban J connectivity index is 1.83. The molecule has 0 aromatic carbocycles. The van der Waals surface area contributed by atoms with Crippen LogP contribution in [-0.4, -0.2) is 31.6 Å². The third kappa shape index (κ3) is 3.52. The highest BCUT2D eigenvalue weighted by atomic mass is 15.1. The lowest BCUT2D eigenvalue weighted by molar-refractivity contribution is 0.408. The average molecular weight is 314 g/mol. The summed E-state index contributed by atoms with van der Waals surface area (Å²) in [6.45, 7) is 6.33. The van der Waals surface area contributed by atoms with Crippen molar-refractivity contribution in [2.75, 3.05) is 5.32 Å². The van der Waals surface area contributed by atoms with Gasteiger partial charge in [-0.25, -0.2) is 15.0 Å². The zero-order valence-corrected chi connectivity index (χ0v) is 14.2. The molecule has 124 valence electrons. The number of aryl methyl sites for hydroxylation is 1. The van der Waals surface area contributed by atoms with Gasteiger partial charge in [0.05, 0.1) is 17.6 Å². The molecule has 3 rings (SSSR count). The fourth-order valence-electron chi connectivity index (χ4n) is 3.41. The van der Waals surface area contributed by atoms with Gasteiger partial charge in [-0.15, -0.1) is 0 Å². The smallest absolute Gasteiger partial charge is 0.223 e. The van der Waals surface area contributed by atoms with Gasteiger partial charge in [-0.3, -0.25) is 0 Å². The van der Waals surface area contributed by atoms with Crippen molar-refractivity contribution in [2.45, 2.75) is 64.6 Å². The van der Waals surface area contributed by atoms with Gasteiger partial charge in [0.1, 0.15) is 5.82 Å². The van der Waals surface area contributed by atoms with Crippen molar-refractivity contribution in [1.82, 2.24) is 19.5 Å². The van der Waals surface area contributed by atoms with Crippen LogP contribution in [0.1, 0.15) is 51.4 Å². The second kappa shape index (κ2) is 6.66. The van der Waals surface area contributed by atoms with Gasteiger partial charge >= 0.3 is 0 Å². The second-order valence-corrected chi connectivity index (χ2v) is 6.69. The minimum Gasteiger partial charge on any atom is -0.351 e. The first-order chi connectivity index (χ1) is 11.0. The summed E-state index contributed by atoms with van der Waals surface area (Å²) in [5, 5.41) is 3.45. The van der Waals surface area contributed by atoms with Gasteiger partial charge in [0.2, 0.25) is 5.95 Å². The van der Waals surface area contributed by atoms with Gasteiger partial charge in [-0.1, -0.05) is 0 Å². The quantitative estimate of drug-likeness (QED) is 0.907. The van der Waals surface area contributed by atoms with E-state index in [4.69, 9.17) is 10.7 Å². The molecule has 0 saturated heterocycles. The van der Waals surface area contributed by atoms with Crippen LogP contribution in [-0.2, 0) is 0 Å². The summed E-state index contributed by atoms with van der Waals surface area (Å²) in [7, 11) is 0. The topological polar surface area (TPSA) is 81.7 Å². The van der Waals surface area contributed by atoms with Crippen LogP contribution < -0.4 is 11.1 Å². The standard InChI is InChI=1S/C17H26N6/c1-11(2)23-12(3)20-10-16(23)15-7-8-19-17(22-15)21-14-6-4-5-13(18)9-14/h7-8,10-11,13-14H,4-6,9,18H2,1-3H3,(H,19,21,22). The molecule has 0 aliphatic heterocycles. The van der Waals surface area contributed by atoms with Crippen LogP contribution in [0.15, 0.2) is 18.5 Å². The number of nitrogens with zero attached hydrogens (tertiary/aromatic N) is 4. The summed E-state index contributed by atoms with van der Waals surface area (Å²) >= 11 is 0. The summed E-state index contributed by atoms with van der Waals surface area (Å²) in [5.74, 6) is 1.68.